The smallest absolute Gasteiger partial charge is 0.406 e. The Morgan fingerprint density at radius 1 is 1.11 bits per heavy atom. The van der Waals surface area contributed by atoms with Crippen molar-refractivity contribution in [1.29, 1.82) is 0 Å². The monoisotopic (exact) mass is 269 g/mol. The van der Waals surface area contributed by atoms with Crippen LogP contribution in [-0.2, 0) is 0 Å². The number of ether oxygens (including phenoxy) is 1. The third kappa shape index (κ3) is 3.37. The van der Waals surface area contributed by atoms with Gasteiger partial charge in [-0.1, -0.05) is 12.1 Å². The molecule has 1 heterocycles. The zero-order valence-corrected chi connectivity index (χ0v) is 9.91. The fourth-order valence-corrected chi connectivity index (χ4v) is 1.61. The van der Waals surface area contributed by atoms with Gasteiger partial charge in [0, 0.05) is 11.8 Å². The standard InChI is InChI=1S/C13H10F3NO2/c1-8-6-10(7-17-12(8)18)9-2-4-11(5-3-9)19-13(14,15)16/h2-7H,1H3,(H,17,18). The Balaban J connectivity index is 2.27. The van der Waals surface area contributed by atoms with Gasteiger partial charge in [-0.15, -0.1) is 13.2 Å². The van der Waals surface area contributed by atoms with Crippen LogP contribution in [0.1, 0.15) is 5.56 Å². The molecule has 0 bridgehead atoms. The van der Waals surface area contributed by atoms with E-state index in [2.05, 4.69) is 9.72 Å². The number of aryl methyl sites for hydroxylation is 1. The predicted octanol–water partition coefficient (Wildman–Crippen LogP) is 3.25. The van der Waals surface area contributed by atoms with Gasteiger partial charge in [0.05, 0.1) is 0 Å². The maximum atomic E-state index is 12.0. The van der Waals surface area contributed by atoms with Gasteiger partial charge >= 0.3 is 6.36 Å². The van der Waals surface area contributed by atoms with Crippen molar-refractivity contribution in [2.24, 2.45) is 0 Å². The zero-order chi connectivity index (χ0) is 14.0. The lowest BCUT2D eigenvalue weighted by Crippen LogP contribution is -2.16. The highest BCUT2D eigenvalue weighted by molar-refractivity contribution is 5.63. The first-order chi connectivity index (χ1) is 8.85. The number of nitrogens with one attached hydrogen (secondary N) is 1. The Bertz CT molecular complexity index is 630. The van der Waals surface area contributed by atoms with Crippen LogP contribution in [0.2, 0.25) is 0 Å². The Kier molecular flexibility index (Phi) is 3.33. The lowest BCUT2D eigenvalue weighted by atomic mass is 10.1. The summed E-state index contributed by atoms with van der Waals surface area (Å²) in [5, 5.41) is 0. The summed E-state index contributed by atoms with van der Waals surface area (Å²) in [6.45, 7) is 1.66. The summed E-state index contributed by atoms with van der Waals surface area (Å²) >= 11 is 0. The van der Waals surface area contributed by atoms with Crippen molar-refractivity contribution in [3.05, 3.63) is 52.4 Å². The molecule has 100 valence electrons. The normalized spacial score (nSPS) is 11.4. The number of hydrogen-bond donors (Lipinski definition) is 1. The van der Waals surface area contributed by atoms with Crippen molar-refractivity contribution in [2.75, 3.05) is 0 Å². The first-order valence-corrected chi connectivity index (χ1v) is 5.41. The van der Waals surface area contributed by atoms with Crippen molar-refractivity contribution in [3.8, 4) is 16.9 Å². The lowest BCUT2D eigenvalue weighted by Gasteiger charge is -2.09. The Morgan fingerprint density at radius 3 is 2.26 bits per heavy atom. The van der Waals surface area contributed by atoms with Gasteiger partial charge < -0.3 is 9.72 Å². The molecule has 0 saturated carbocycles. The van der Waals surface area contributed by atoms with E-state index < -0.39 is 6.36 Å². The molecule has 0 aliphatic carbocycles. The van der Waals surface area contributed by atoms with E-state index in [1.807, 2.05) is 0 Å². The topological polar surface area (TPSA) is 42.1 Å². The molecule has 0 aliphatic heterocycles. The first kappa shape index (κ1) is 13.2. The molecule has 0 amide bonds. The van der Waals surface area contributed by atoms with E-state index in [1.54, 1.807) is 13.0 Å². The molecule has 6 heteroatoms. The van der Waals surface area contributed by atoms with Crippen LogP contribution >= 0.6 is 0 Å². The van der Waals surface area contributed by atoms with E-state index in [0.717, 1.165) is 5.56 Å². The van der Waals surface area contributed by atoms with E-state index in [4.69, 9.17) is 0 Å². The molecule has 2 rings (SSSR count). The maximum absolute atomic E-state index is 12.0. The van der Waals surface area contributed by atoms with Crippen molar-refractivity contribution in [1.82, 2.24) is 4.98 Å². The lowest BCUT2D eigenvalue weighted by molar-refractivity contribution is -0.274. The number of pyridine rings is 1. The molecule has 1 aromatic heterocycles. The summed E-state index contributed by atoms with van der Waals surface area (Å²) in [6.07, 6.45) is -3.19. The molecule has 3 nitrogen and oxygen atoms in total. The van der Waals surface area contributed by atoms with E-state index in [1.165, 1.54) is 30.5 Å². The van der Waals surface area contributed by atoms with Gasteiger partial charge in [0.15, 0.2) is 0 Å². The van der Waals surface area contributed by atoms with Gasteiger partial charge in [-0.2, -0.15) is 0 Å². The minimum Gasteiger partial charge on any atom is -0.406 e. The summed E-state index contributed by atoms with van der Waals surface area (Å²) < 4.78 is 39.8. The number of halogens is 3. The van der Waals surface area contributed by atoms with Crippen LogP contribution in [-0.4, -0.2) is 11.3 Å². The van der Waals surface area contributed by atoms with Crippen LogP contribution in [0.5, 0.6) is 5.75 Å². The molecule has 19 heavy (non-hydrogen) atoms. The van der Waals surface area contributed by atoms with Crippen LogP contribution in [0.3, 0.4) is 0 Å². The maximum Gasteiger partial charge on any atom is 0.573 e. The van der Waals surface area contributed by atoms with Gasteiger partial charge in [-0.25, -0.2) is 0 Å². The average molecular weight is 269 g/mol. The first-order valence-electron chi connectivity index (χ1n) is 5.41. The quantitative estimate of drug-likeness (QED) is 0.909. The molecule has 0 aliphatic rings. The molecule has 0 atom stereocenters. The van der Waals surface area contributed by atoms with Crippen LogP contribution in [0, 0.1) is 6.92 Å². The second-order valence-electron chi connectivity index (χ2n) is 3.97. The number of hydrogen-bond acceptors (Lipinski definition) is 2. The second kappa shape index (κ2) is 4.79. The van der Waals surface area contributed by atoms with Gasteiger partial charge in [0.2, 0.25) is 0 Å². The van der Waals surface area contributed by atoms with E-state index in [9.17, 15) is 18.0 Å². The van der Waals surface area contributed by atoms with Crippen molar-refractivity contribution in [2.45, 2.75) is 13.3 Å². The highest BCUT2D eigenvalue weighted by Crippen LogP contribution is 2.26. The largest absolute Gasteiger partial charge is 0.573 e. The third-order valence-electron chi connectivity index (χ3n) is 2.51. The SMILES string of the molecule is Cc1cc(-c2ccc(OC(F)(F)F)cc2)c[nH]c1=O. The Hall–Kier alpha value is -2.24. The predicted molar refractivity (Wildman–Crippen MR) is 63.9 cm³/mol. The summed E-state index contributed by atoms with van der Waals surface area (Å²) in [5.74, 6) is -0.280. The van der Waals surface area contributed by atoms with E-state index in [-0.39, 0.29) is 11.3 Å². The molecule has 0 spiro atoms. The molecule has 1 N–H and O–H groups in total. The number of rotatable bonds is 2. The highest BCUT2D eigenvalue weighted by Gasteiger charge is 2.30. The van der Waals surface area contributed by atoms with Crippen LogP contribution in [0.25, 0.3) is 11.1 Å². The molecule has 0 saturated heterocycles. The van der Waals surface area contributed by atoms with Gasteiger partial charge in [-0.05, 0) is 36.2 Å². The molecule has 2 aromatic rings. The van der Waals surface area contributed by atoms with E-state index in [0.29, 0.717) is 11.1 Å². The highest BCUT2D eigenvalue weighted by atomic mass is 19.4. The molecule has 0 fully saturated rings. The molecule has 0 unspecified atom stereocenters. The zero-order valence-electron chi connectivity index (χ0n) is 9.91. The fourth-order valence-electron chi connectivity index (χ4n) is 1.61. The molecule has 1 aromatic carbocycles. The van der Waals surface area contributed by atoms with Crippen molar-refractivity contribution < 1.29 is 17.9 Å². The summed E-state index contributed by atoms with van der Waals surface area (Å²) in [4.78, 5) is 13.8. The number of benzene rings is 1. The number of aromatic nitrogens is 1. The Morgan fingerprint density at radius 2 is 1.74 bits per heavy atom. The summed E-state index contributed by atoms with van der Waals surface area (Å²) in [5.41, 5.74) is 1.75. The van der Waals surface area contributed by atoms with Gasteiger partial charge in [0.1, 0.15) is 5.75 Å². The third-order valence-corrected chi connectivity index (χ3v) is 2.51. The number of alkyl halides is 3. The van der Waals surface area contributed by atoms with Crippen LogP contribution in [0.15, 0.2) is 41.3 Å². The van der Waals surface area contributed by atoms with Crippen molar-refractivity contribution in [3.63, 3.8) is 0 Å². The van der Waals surface area contributed by atoms with E-state index >= 15 is 0 Å². The molecule has 0 radical (unpaired) electrons. The number of aromatic amines is 1. The van der Waals surface area contributed by atoms with Crippen molar-refractivity contribution >= 4 is 0 Å². The van der Waals surface area contributed by atoms with Crippen LogP contribution in [0.4, 0.5) is 13.2 Å². The van der Waals surface area contributed by atoms with Gasteiger partial charge in [-0.3, -0.25) is 4.79 Å². The van der Waals surface area contributed by atoms with Gasteiger partial charge in [0.25, 0.3) is 5.56 Å². The van der Waals surface area contributed by atoms with Crippen LogP contribution < -0.4 is 10.3 Å². The Labute approximate surface area is 106 Å². The molecular formula is C13H10F3NO2. The summed E-state index contributed by atoms with van der Waals surface area (Å²) in [7, 11) is 0. The average Bonchev–Trinajstić information content (AvgIpc) is 2.32. The number of H-pyrrole nitrogens is 1. The summed E-state index contributed by atoms with van der Waals surface area (Å²) in [6, 6.07) is 7.10. The fraction of sp³-hybridized carbons (Fsp3) is 0.154. The molecular weight excluding hydrogens is 259 g/mol. The minimum absolute atomic E-state index is 0.194. The second-order valence-corrected chi connectivity index (χ2v) is 3.97. The minimum atomic E-state index is -4.70.